The van der Waals surface area contributed by atoms with Gasteiger partial charge in [-0.25, -0.2) is 0 Å². The topological polar surface area (TPSA) is 132 Å². The van der Waals surface area contributed by atoms with E-state index in [1.807, 2.05) is 54.6 Å². The van der Waals surface area contributed by atoms with E-state index in [0.29, 0.717) is 30.2 Å². The van der Waals surface area contributed by atoms with E-state index in [0.717, 1.165) is 24.2 Å². The molecule has 1 atom stereocenters. The highest BCUT2D eigenvalue weighted by molar-refractivity contribution is 6.07. The lowest BCUT2D eigenvalue weighted by atomic mass is 10.0. The summed E-state index contributed by atoms with van der Waals surface area (Å²) >= 11 is 0. The Morgan fingerprint density at radius 3 is 2.63 bits per heavy atom. The van der Waals surface area contributed by atoms with Crippen molar-refractivity contribution in [2.24, 2.45) is 0 Å². The molecule has 1 aromatic heterocycles. The van der Waals surface area contributed by atoms with Crippen LogP contribution in [-0.2, 0) is 11.2 Å². The van der Waals surface area contributed by atoms with Crippen LogP contribution in [0, 0.1) is 5.41 Å². The quantitative estimate of drug-likeness (QED) is 0.442. The van der Waals surface area contributed by atoms with Gasteiger partial charge in [0.1, 0.15) is 29.4 Å². The predicted octanol–water partition coefficient (Wildman–Crippen LogP) is 3.59. The molecule has 0 aliphatic carbocycles. The monoisotopic (exact) mass is 404 g/mol. The molecule has 154 valence electrons. The number of hydrogen-bond acceptors (Lipinski definition) is 8. The maximum Gasteiger partial charge on any atom is 0.223 e. The van der Waals surface area contributed by atoms with Crippen LogP contribution in [-0.4, -0.2) is 28.5 Å². The zero-order valence-electron chi connectivity index (χ0n) is 16.5. The minimum absolute atomic E-state index is 0.0531. The number of anilines is 3. The second-order valence-electron chi connectivity index (χ2n) is 7.01. The molecule has 1 fully saturated rings. The number of para-hydroxylation sites is 2. The summed E-state index contributed by atoms with van der Waals surface area (Å²) in [5.41, 5.74) is 13.5. The SMILES string of the molecule is N=C(Cc1ccccc1Oc1ccccc1)c1c(N)nc(N)nc1NC1CCCO1. The number of hydrogen-bond donors (Lipinski definition) is 4. The summed E-state index contributed by atoms with van der Waals surface area (Å²) in [4.78, 5) is 8.33. The minimum Gasteiger partial charge on any atom is -0.457 e. The number of nitrogens with two attached hydrogens (primary N) is 2. The molecule has 0 amide bonds. The molecule has 30 heavy (non-hydrogen) atoms. The van der Waals surface area contributed by atoms with E-state index in [4.69, 9.17) is 26.4 Å². The summed E-state index contributed by atoms with van der Waals surface area (Å²) in [6, 6.07) is 17.1. The molecular weight excluding hydrogens is 380 g/mol. The fourth-order valence-corrected chi connectivity index (χ4v) is 3.39. The van der Waals surface area contributed by atoms with Gasteiger partial charge in [0.05, 0.1) is 11.3 Å². The molecule has 0 spiro atoms. The molecule has 1 aliphatic heterocycles. The first-order chi connectivity index (χ1) is 14.6. The molecule has 2 heterocycles. The van der Waals surface area contributed by atoms with Gasteiger partial charge >= 0.3 is 0 Å². The molecule has 2 aromatic carbocycles. The zero-order chi connectivity index (χ0) is 20.9. The smallest absolute Gasteiger partial charge is 0.223 e. The third-order valence-corrected chi connectivity index (χ3v) is 4.79. The van der Waals surface area contributed by atoms with Crippen LogP contribution < -0.4 is 21.5 Å². The van der Waals surface area contributed by atoms with E-state index >= 15 is 0 Å². The summed E-state index contributed by atoms with van der Waals surface area (Å²) < 4.78 is 11.7. The lowest BCUT2D eigenvalue weighted by Gasteiger charge is -2.18. The molecule has 1 saturated heterocycles. The number of rotatable bonds is 7. The van der Waals surface area contributed by atoms with Crippen molar-refractivity contribution < 1.29 is 9.47 Å². The first-order valence-electron chi connectivity index (χ1n) is 9.80. The van der Waals surface area contributed by atoms with Crippen LogP contribution in [0.5, 0.6) is 11.5 Å². The summed E-state index contributed by atoms with van der Waals surface area (Å²) in [6.45, 7) is 0.685. The largest absolute Gasteiger partial charge is 0.457 e. The van der Waals surface area contributed by atoms with E-state index < -0.39 is 0 Å². The van der Waals surface area contributed by atoms with Crippen LogP contribution in [0.2, 0.25) is 0 Å². The molecule has 8 heteroatoms. The highest BCUT2D eigenvalue weighted by atomic mass is 16.5. The van der Waals surface area contributed by atoms with Crippen LogP contribution >= 0.6 is 0 Å². The average molecular weight is 404 g/mol. The van der Waals surface area contributed by atoms with Gasteiger partial charge in [-0.05, 0) is 31.0 Å². The Bertz CT molecular complexity index is 1040. The molecule has 4 rings (SSSR count). The van der Waals surface area contributed by atoms with E-state index in [1.54, 1.807) is 0 Å². The summed E-state index contributed by atoms with van der Waals surface area (Å²) in [7, 11) is 0. The number of nitrogens with zero attached hydrogens (tertiary/aromatic N) is 2. The number of ether oxygens (including phenoxy) is 2. The Labute approximate surface area is 174 Å². The predicted molar refractivity (Wildman–Crippen MR) is 117 cm³/mol. The Kier molecular flexibility index (Phi) is 5.76. The maximum absolute atomic E-state index is 8.73. The first-order valence-corrected chi connectivity index (χ1v) is 9.80. The third-order valence-electron chi connectivity index (χ3n) is 4.79. The number of nitrogens with one attached hydrogen (secondary N) is 2. The summed E-state index contributed by atoms with van der Waals surface area (Å²) in [6.07, 6.45) is 1.93. The Morgan fingerprint density at radius 2 is 1.87 bits per heavy atom. The molecule has 3 aromatic rings. The Morgan fingerprint density at radius 1 is 1.10 bits per heavy atom. The first kappa shape index (κ1) is 19.7. The van der Waals surface area contributed by atoms with Gasteiger partial charge in [-0.2, -0.15) is 9.97 Å². The van der Waals surface area contributed by atoms with E-state index in [2.05, 4.69) is 15.3 Å². The number of aromatic nitrogens is 2. The molecule has 1 aliphatic rings. The fourth-order valence-electron chi connectivity index (χ4n) is 3.39. The fraction of sp³-hybridized carbons (Fsp3) is 0.227. The van der Waals surface area contributed by atoms with Gasteiger partial charge < -0.3 is 31.7 Å². The lowest BCUT2D eigenvalue weighted by Crippen LogP contribution is -2.23. The van der Waals surface area contributed by atoms with E-state index in [1.165, 1.54) is 0 Å². The third kappa shape index (κ3) is 4.49. The average Bonchev–Trinajstić information content (AvgIpc) is 3.23. The van der Waals surface area contributed by atoms with Gasteiger partial charge in [-0.1, -0.05) is 36.4 Å². The van der Waals surface area contributed by atoms with Crippen LogP contribution in [0.15, 0.2) is 54.6 Å². The van der Waals surface area contributed by atoms with Crippen LogP contribution in [0.3, 0.4) is 0 Å². The van der Waals surface area contributed by atoms with Gasteiger partial charge in [0, 0.05) is 18.6 Å². The zero-order valence-corrected chi connectivity index (χ0v) is 16.5. The number of nitrogen functional groups attached to an aromatic ring is 2. The van der Waals surface area contributed by atoms with Crippen LogP contribution in [0.25, 0.3) is 0 Å². The Balaban J connectivity index is 1.60. The molecule has 0 saturated carbocycles. The normalized spacial score (nSPS) is 15.7. The molecule has 0 bridgehead atoms. The second-order valence-corrected chi connectivity index (χ2v) is 7.01. The van der Waals surface area contributed by atoms with Crippen molar-refractivity contribution in [3.8, 4) is 11.5 Å². The van der Waals surface area contributed by atoms with Crippen molar-refractivity contribution in [3.63, 3.8) is 0 Å². The van der Waals surface area contributed by atoms with Gasteiger partial charge in [0.2, 0.25) is 5.95 Å². The molecule has 8 nitrogen and oxygen atoms in total. The van der Waals surface area contributed by atoms with Crippen LogP contribution in [0.4, 0.5) is 17.6 Å². The van der Waals surface area contributed by atoms with Gasteiger partial charge in [0.15, 0.2) is 0 Å². The molecule has 6 N–H and O–H groups in total. The van der Waals surface area contributed by atoms with Crippen molar-refractivity contribution in [2.75, 3.05) is 23.4 Å². The second kappa shape index (κ2) is 8.79. The van der Waals surface area contributed by atoms with Gasteiger partial charge in [-0.3, -0.25) is 0 Å². The highest BCUT2D eigenvalue weighted by Gasteiger charge is 2.22. The van der Waals surface area contributed by atoms with Crippen LogP contribution in [0.1, 0.15) is 24.0 Å². The summed E-state index contributed by atoms with van der Waals surface area (Å²) in [5.74, 6) is 2.04. The van der Waals surface area contributed by atoms with Crippen molar-refractivity contribution in [1.82, 2.24) is 9.97 Å². The summed E-state index contributed by atoms with van der Waals surface area (Å²) in [5, 5.41) is 11.9. The van der Waals surface area contributed by atoms with E-state index in [-0.39, 0.29) is 23.7 Å². The lowest BCUT2D eigenvalue weighted by molar-refractivity contribution is 0.131. The minimum atomic E-state index is -0.182. The number of benzene rings is 2. The van der Waals surface area contributed by atoms with Crippen molar-refractivity contribution in [1.29, 1.82) is 5.41 Å². The molecule has 0 radical (unpaired) electrons. The molecular formula is C22H24N6O2. The Hall–Kier alpha value is -3.65. The van der Waals surface area contributed by atoms with E-state index in [9.17, 15) is 0 Å². The molecule has 1 unspecified atom stereocenters. The van der Waals surface area contributed by atoms with Crippen molar-refractivity contribution in [3.05, 3.63) is 65.7 Å². The standard InChI is InChI=1S/C22H24N6O2/c23-16(13-14-7-4-5-10-17(14)30-15-8-2-1-3-9-15)19-20(24)27-22(25)28-21(19)26-18-11-6-12-29-18/h1-5,7-10,18,23H,6,11-13H2,(H5,24,25,26,27,28). The van der Waals surface area contributed by atoms with Crippen molar-refractivity contribution in [2.45, 2.75) is 25.5 Å². The highest BCUT2D eigenvalue weighted by Crippen LogP contribution is 2.29. The van der Waals surface area contributed by atoms with Gasteiger partial charge in [0.25, 0.3) is 0 Å². The van der Waals surface area contributed by atoms with Gasteiger partial charge in [-0.15, -0.1) is 0 Å². The maximum atomic E-state index is 8.73. The van der Waals surface area contributed by atoms with Crippen molar-refractivity contribution >= 4 is 23.3 Å².